The zero-order valence-corrected chi connectivity index (χ0v) is 11.9. The Kier molecular flexibility index (Phi) is 4.54. The van der Waals surface area contributed by atoms with E-state index < -0.39 is 0 Å². The van der Waals surface area contributed by atoms with Gasteiger partial charge in [0.05, 0.1) is 5.25 Å². The molecule has 1 atom stereocenters. The first-order valence-electron chi connectivity index (χ1n) is 5.77. The van der Waals surface area contributed by atoms with Crippen molar-refractivity contribution in [1.29, 1.82) is 0 Å². The lowest BCUT2D eigenvalue weighted by Crippen LogP contribution is -1.91. The lowest BCUT2D eigenvalue weighted by molar-refractivity contribution is 0.374. The number of unbranched alkanes of at least 4 members (excludes halogenated alkanes) is 1. The van der Waals surface area contributed by atoms with Crippen LogP contribution in [-0.4, -0.2) is 20.3 Å². The van der Waals surface area contributed by atoms with Gasteiger partial charge in [0.2, 0.25) is 11.0 Å². The molecular weight excluding hydrogens is 270 g/mol. The van der Waals surface area contributed by atoms with E-state index >= 15 is 0 Å². The predicted molar refractivity (Wildman–Crippen MR) is 71.5 cm³/mol. The molecule has 0 saturated heterocycles. The summed E-state index contributed by atoms with van der Waals surface area (Å²) in [6.45, 7) is 4.14. The van der Waals surface area contributed by atoms with Gasteiger partial charge >= 0.3 is 0 Å². The predicted octanol–water partition coefficient (Wildman–Crippen LogP) is 2.70. The molecule has 0 amide bonds. The number of anilines is 1. The number of aryl methyl sites for hydroxylation is 1. The maximum Gasteiger partial charge on any atom is 0.239 e. The van der Waals surface area contributed by atoms with Gasteiger partial charge < -0.3 is 10.3 Å². The molecule has 0 radical (unpaired) electrons. The van der Waals surface area contributed by atoms with Gasteiger partial charge in [0.25, 0.3) is 0 Å². The second-order valence-electron chi connectivity index (χ2n) is 3.82. The van der Waals surface area contributed by atoms with Gasteiger partial charge in [0.1, 0.15) is 0 Å². The van der Waals surface area contributed by atoms with Gasteiger partial charge in [0, 0.05) is 6.42 Å². The van der Waals surface area contributed by atoms with Crippen molar-refractivity contribution in [2.75, 3.05) is 5.73 Å². The lowest BCUT2D eigenvalue weighted by atomic mass is 10.2. The molecule has 18 heavy (non-hydrogen) atoms. The number of rotatable bonds is 6. The zero-order chi connectivity index (χ0) is 13.0. The zero-order valence-electron chi connectivity index (χ0n) is 10.3. The number of aromatic nitrogens is 4. The maximum absolute atomic E-state index is 5.53. The van der Waals surface area contributed by atoms with Crippen LogP contribution in [0.25, 0.3) is 0 Å². The van der Waals surface area contributed by atoms with Crippen LogP contribution in [0, 0.1) is 0 Å². The highest BCUT2D eigenvalue weighted by atomic mass is 32.2. The standard InChI is InChI=1S/C10H15N5OS2/c1-3-4-5-7-12-8(16-15-7)6(2)17-10-14-13-9(11)18-10/h6H,3-5H2,1-2H3,(H2,11,13). The molecule has 0 spiro atoms. The SMILES string of the molecule is CCCCc1noc(C(C)Sc2nnc(N)s2)n1. The van der Waals surface area contributed by atoms with Crippen molar-refractivity contribution >= 4 is 28.2 Å². The summed E-state index contributed by atoms with van der Waals surface area (Å²) >= 11 is 2.88. The Morgan fingerprint density at radius 1 is 1.44 bits per heavy atom. The monoisotopic (exact) mass is 285 g/mol. The first kappa shape index (κ1) is 13.3. The van der Waals surface area contributed by atoms with Crippen LogP contribution < -0.4 is 5.73 Å². The van der Waals surface area contributed by atoms with Crippen LogP contribution in [0.3, 0.4) is 0 Å². The minimum atomic E-state index is 0.0558. The molecule has 0 aliphatic rings. The van der Waals surface area contributed by atoms with E-state index in [2.05, 4.69) is 27.3 Å². The first-order valence-corrected chi connectivity index (χ1v) is 7.46. The smallest absolute Gasteiger partial charge is 0.239 e. The van der Waals surface area contributed by atoms with Crippen molar-refractivity contribution in [3.63, 3.8) is 0 Å². The molecular formula is C10H15N5OS2. The Balaban J connectivity index is 1.96. The van der Waals surface area contributed by atoms with Crippen molar-refractivity contribution in [1.82, 2.24) is 20.3 Å². The van der Waals surface area contributed by atoms with Crippen LogP contribution >= 0.6 is 23.1 Å². The van der Waals surface area contributed by atoms with Crippen LogP contribution in [0.4, 0.5) is 5.13 Å². The van der Waals surface area contributed by atoms with E-state index in [1.807, 2.05) is 6.92 Å². The van der Waals surface area contributed by atoms with E-state index in [4.69, 9.17) is 10.3 Å². The number of hydrogen-bond acceptors (Lipinski definition) is 8. The van der Waals surface area contributed by atoms with Crippen molar-refractivity contribution in [3.8, 4) is 0 Å². The Morgan fingerprint density at radius 2 is 2.28 bits per heavy atom. The van der Waals surface area contributed by atoms with Gasteiger partial charge in [-0.1, -0.05) is 41.6 Å². The Morgan fingerprint density at radius 3 is 2.94 bits per heavy atom. The molecule has 0 saturated carbocycles. The molecule has 98 valence electrons. The third-order valence-electron chi connectivity index (χ3n) is 2.29. The minimum Gasteiger partial charge on any atom is -0.374 e. The van der Waals surface area contributed by atoms with Gasteiger partial charge in [-0.3, -0.25) is 0 Å². The quantitative estimate of drug-likeness (QED) is 0.816. The molecule has 8 heteroatoms. The summed E-state index contributed by atoms with van der Waals surface area (Å²) in [6, 6.07) is 0. The van der Waals surface area contributed by atoms with E-state index in [1.165, 1.54) is 23.1 Å². The summed E-state index contributed by atoms with van der Waals surface area (Å²) in [7, 11) is 0. The summed E-state index contributed by atoms with van der Waals surface area (Å²) in [5.74, 6) is 1.40. The molecule has 2 aromatic rings. The number of nitrogens with two attached hydrogens (primary N) is 1. The van der Waals surface area contributed by atoms with Crippen molar-refractivity contribution in [3.05, 3.63) is 11.7 Å². The fraction of sp³-hybridized carbons (Fsp3) is 0.600. The normalized spacial score (nSPS) is 12.8. The van der Waals surface area contributed by atoms with Crippen LogP contribution in [0.1, 0.15) is 43.7 Å². The van der Waals surface area contributed by atoms with Gasteiger partial charge in [0.15, 0.2) is 10.2 Å². The fourth-order valence-electron chi connectivity index (χ4n) is 1.34. The van der Waals surface area contributed by atoms with E-state index in [1.54, 1.807) is 0 Å². The van der Waals surface area contributed by atoms with Crippen molar-refractivity contribution in [2.45, 2.75) is 42.7 Å². The molecule has 0 bridgehead atoms. The molecule has 0 aromatic carbocycles. The summed E-state index contributed by atoms with van der Waals surface area (Å²) in [6.07, 6.45) is 3.06. The molecule has 2 aromatic heterocycles. The highest BCUT2D eigenvalue weighted by Crippen LogP contribution is 2.35. The molecule has 6 nitrogen and oxygen atoms in total. The maximum atomic E-state index is 5.53. The van der Waals surface area contributed by atoms with Crippen LogP contribution in [-0.2, 0) is 6.42 Å². The first-order chi connectivity index (χ1) is 8.69. The van der Waals surface area contributed by atoms with Crippen molar-refractivity contribution < 1.29 is 4.52 Å². The van der Waals surface area contributed by atoms with Gasteiger partial charge in [-0.2, -0.15) is 4.98 Å². The van der Waals surface area contributed by atoms with Gasteiger partial charge in [-0.25, -0.2) is 0 Å². The Labute approximate surface area is 113 Å². The molecule has 0 fully saturated rings. The second kappa shape index (κ2) is 6.14. The van der Waals surface area contributed by atoms with E-state index in [0.29, 0.717) is 11.0 Å². The van der Waals surface area contributed by atoms with Gasteiger partial charge in [-0.05, 0) is 13.3 Å². The van der Waals surface area contributed by atoms with Crippen LogP contribution in [0.15, 0.2) is 8.86 Å². The fourth-order valence-corrected chi connectivity index (χ4v) is 3.15. The average Bonchev–Trinajstić information content (AvgIpc) is 2.96. The number of hydrogen-bond donors (Lipinski definition) is 1. The van der Waals surface area contributed by atoms with Gasteiger partial charge in [-0.15, -0.1) is 10.2 Å². The number of thioether (sulfide) groups is 1. The molecule has 0 aliphatic carbocycles. The van der Waals surface area contributed by atoms with Crippen LogP contribution in [0.5, 0.6) is 0 Å². The molecule has 2 N–H and O–H groups in total. The summed E-state index contributed by atoms with van der Waals surface area (Å²) in [5, 5.41) is 12.2. The molecule has 2 rings (SSSR count). The summed E-state index contributed by atoms with van der Waals surface area (Å²) in [4.78, 5) is 4.38. The summed E-state index contributed by atoms with van der Waals surface area (Å²) < 4.78 is 6.06. The van der Waals surface area contributed by atoms with E-state index in [9.17, 15) is 0 Å². The topological polar surface area (TPSA) is 90.7 Å². The second-order valence-corrected chi connectivity index (χ2v) is 6.42. The molecule has 1 unspecified atom stereocenters. The van der Waals surface area contributed by atoms with Crippen LogP contribution in [0.2, 0.25) is 0 Å². The molecule has 0 aliphatic heterocycles. The highest BCUT2D eigenvalue weighted by Gasteiger charge is 2.17. The third kappa shape index (κ3) is 3.42. The number of nitrogens with zero attached hydrogens (tertiary/aromatic N) is 4. The highest BCUT2D eigenvalue weighted by molar-refractivity contribution is 8.01. The largest absolute Gasteiger partial charge is 0.374 e. The van der Waals surface area contributed by atoms with Crippen molar-refractivity contribution in [2.24, 2.45) is 0 Å². The molecule has 2 heterocycles. The summed E-state index contributed by atoms with van der Waals surface area (Å²) in [5.41, 5.74) is 5.53. The Hall–Kier alpha value is -1.15. The number of nitrogen functional groups attached to an aromatic ring is 1. The lowest BCUT2D eigenvalue weighted by Gasteiger charge is -2.01. The Bertz CT molecular complexity index is 498. The third-order valence-corrected chi connectivity index (χ3v) is 4.21. The van der Waals surface area contributed by atoms with E-state index in [-0.39, 0.29) is 5.25 Å². The minimum absolute atomic E-state index is 0.0558. The van der Waals surface area contributed by atoms with E-state index in [0.717, 1.165) is 29.4 Å². The average molecular weight is 285 g/mol.